The minimum Gasteiger partial charge on any atom is -0.480 e. The second-order valence-electron chi connectivity index (χ2n) is 6.89. The predicted molar refractivity (Wildman–Crippen MR) is 97.1 cm³/mol. The molecule has 6 N–H and O–H groups in total. The number of rotatable bonds is 11. The fourth-order valence-corrected chi connectivity index (χ4v) is 2.27. The summed E-state index contributed by atoms with van der Waals surface area (Å²) in [4.78, 5) is 47.6. The van der Waals surface area contributed by atoms with Crippen molar-refractivity contribution in [2.45, 2.75) is 65.6 Å². The van der Waals surface area contributed by atoms with Crippen LogP contribution in [0.5, 0.6) is 0 Å². The number of carbonyl (C=O) groups is 4. The number of carboxylic acid groups (broad SMARTS) is 1. The summed E-state index contributed by atoms with van der Waals surface area (Å²) < 4.78 is 0. The Bertz CT molecular complexity index is 509. The van der Waals surface area contributed by atoms with E-state index in [2.05, 4.69) is 16.0 Å². The number of hydrogen-bond acceptors (Lipinski definition) is 5. The first kappa shape index (κ1) is 23.8. The van der Waals surface area contributed by atoms with Gasteiger partial charge in [-0.1, -0.05) is 34.1 Å². The Hall–Kier alpha value is -2.16. The van der Waals surface area contributed by atoms with Gasteiger partial charge in [0.25, 0.3) is 0 Å². The molecule has 0 bridgehead atoms. The maximum atomic E-state index is 12.6. The van der Waals surface area contributed by atoms with Gasteiger partial charge < -0.3 is 26.8 Å². The Labute approximate surface area is 154 Å². The van der Waals surface area contributed by atoms with E-state index in [0.717, 1.165) is 0 Å². The number of nitrogens with one attached hydrogen (secondary N) is 3. The van der Waals surface area contributed by atoms with Crippen molar-refractivity contribution in [1.82, 2.24) is 16.0 Å². The fourth-order valence-electron chi connectivity index (χ4n) is 2.27. The molecule has 0 spiro atoms. The van der Waals surface area contributed by atoms with Crippen molar-refractivity contribution in [1.29, 1.82) is 0 Å². The number of carboxylic acids is 1. The summed E-state index contributed by atoms with van der Waals surface area (Å²) >= 11 is 0. The smallest absolute Gasteiger partial charge is 0.325 e. The maximum absolute atomic E-state index is 12.6. The van der Waals surface area contributed by atoms with Gasteiger partial charge in [-0.15, -0.1) is 0 Å². The first-order chi connectivity index (χ1) is 12.0. The monoisotopic (exact) mass is 372 g/mol. The molecule has 0 saturated heterocycles. The SMILES string of the molecule is CC[C@H](C)[C@H](NC(=O)CN)C(=O)N[C@@H](CC(C)C)C(=O)N[C@@H](C)C(=O)O. The van der Waals surface area contributed by atoms with Gasteiger partial charge in [-0.25, -0.2) is 0 Å². The summed E-state index contributed by atoms with van der Waals surface area (Å²) in [7, 11) is 0. The molecule has 0 aromatic carbocycles. The van der Waals surface area contributed by atoms with E-state index >= 15 is 0 Å². The van der Waals surface area contributed by atoms with E-state index in [1.165, 1.54) is 6.92 Å². The molecular formula is C17H32N4O5. The summed E-state index contributed by atoms with van der Waals surface area (Å²) in [5.74, 6) is -2.77. The lowest BCUT2D eigenvalue weighted by Gasteiger charge is -2.27. The molecule has 0 unspecified atom stereocenters. The standard InChI is InChI=1S/C17H32N4O5/c1-6-10(4)14(21-13(22)8-18)16(24)20-12(7-9(2)3)15(23)19-11(5)17(25)26/h9-12,14H,6-8,18H2,1-5H3,(H,19,23)(H,20,24)(H,21,22)(H,25,26)/t10-,11-,12-,14-/m0/s1. The van der Waals surface area contributed by atoms with Crippen LogP contribution in [0, 0.1) is 11.8 Å². The molecule has 9 nitrogen and oxygen atoms in total. The molecular weight excluding hydrogens is 340 g/mol. The van der Waals surface area contributed by atoms with Crippen LogP contribution in [0.25, 0.3) is 0 Å². The largest absolute Gasteiger partial charge is 0.480 e. The van der Waals surface area contributed by atoms with Gasteiger partial charge in [0.15, 0.2) is 0 Å². The van der Waals surface area contributed by atoms with Crippen LogP contribution in [-0.2, 0) is 19.2 Å². The van der Waals surface area contributed by atoms with Gasteiger partial charge in [0, 0.05) is 0 Å². The van der Waals surface area contributed by atoms with Gasteiger partial charge in [0.05, 0.1) is 6.54 Å². The number of carbonyl (C=O) groups excluding carboxylic acids is 3. The van der Waals surface area contributed by atoms with E-state index in [1.54, 1.807) is 0 Å². The van der Waals surface area contributed by atoms with Crippen molar-refractivity contribution in [3.05, 3.63) is 0 Å². The van der Waals surface area contributed by atoms with Crippen LogP contribution >= 0.6 is 0 Å². The molecule has 4 atom stereocenters. The molecule has 0 fully saturated rings. The Balaban J connectivity index is 5.25. The van der Waals surface area contributed by atoms with Crippen LogP contribution in [0.4, 0.5) is 0 Å². The van der Waals surface area contributed by atoms with Crippen molar-refractivity contribution in [2.75, 3.05) is 6.54 Å². The average molecular weight is 372 g/mol. The second-order valence-corrected chi connectivity index (χ2v) is 6.89. The van der Waals surface area contributed by atoms with E-state index in [-0.39, 0.29) is 18.4 Å². The lowest BCUT2D eigenvalue weighted by Crippen LogP contribution is -2.57. The molecule has 0 aromatic heterocycles. The quantitative estimate of drug-likeness (QED) is 0.333. The molecule has 3 amide bonds. The zero-order valence-corrected chi connectivity index (χ0v) is 16.2. The molecule has 0 radical (unpaired) electrons. The molecule has 9 heteroatoms. The van der Waals surface area contributed by atoms with E-state index in [0.29, 0.717) is 12.8 Å². The highest BCUT2D eigenvalue weighted by atomic mass is 16.4. The van der Waals surface area contributed by atoms with Crippen LogP contribution in [0.3, 0.4) is 0 Å². The topological polar surface area (TPSA) is 151 Å². The van der Waals surface area contributed by atoms with Crippen LogP contribution in [-0.4, -0.2) is 53.5 Å². The Morgan fingerprint density at radius 2 is 1.54 bits per heavy atom. The first-order valence-corrected chi connectivity index (χ1v) is 8.86. The third-order valence-corrected chi connectivity index (χ3v) is 4.07. The highest BCUT2D eigenvalue weighted by molar-refractivity contribution is 5.93. The summed E-state index contributed by atoms with van der Waals surface area (Å²) in [6.45, 7) is 8.56. The highest BCUT2D eigenvalue weighted by Gasteiger charge is 2.30. The third-order valence-electron chi connectivity index (χ3n) is 4.07. The van der Waals surface area contributed by atoms with E-state index in [4.69, 9.17) is 10.8 Å². The minimum atomic E-state index is -1.17. The minimum absolute atomic E-state index is 0.0897. The zero-order chi connectivity index (χ0) is 20.4. The van der Waals surface area contributed by atoms with Crippen LogP contribution in [0.15, 0.2) is 0 Å². The number of nitrogens with two attached hydrogens (primary N) is 1. The average Bonchev–Trinajstić information content (AvgIpc) is 2.57. The third kappa shape index (κ3) is 8.28. The molecule has 150 valence electrons. The Morgan fingerprint density at radius 1 is 0.962 bits per heavy atom. The summed E-state index contributed by atoms with van der Waals surface area (Å²) in [6.07, 6.45) is 0.974. The lowest BCUT2D eigenvalue weighted by molar-refractivity contribution is -0.142. The molecule has 0 rings (SSSR count). The first-order valence-electron chi connectivity index (χ1n) is 8.86. The zero-order valence-electron chi connectivity index (χ0n) is 16.2. The van der Waals surface area contributed by atoms with Crippen LogP contribution < -0.4 is 21.7 Å². The van der Waals surface area contributed by atoms with E-state index in [9.17, 15) is 19.2 Å². The molecule has 0 aliphatic carbocycles. The number of hydrogen-bond donors (Lipinski definition) is 5. The summed E-state index contributed by atoms with van der Waals surface area (Å²) in [6, 6.07) is -2.79. The predicted octanol–water partition coefficient (Wildman–Crippen LogP) is -0.404. The van der Waals surface area contributed by atoms with Gasteiger partial charge in [-0.3, -0.25) is 19.2 Å². The molecule has 0 aromatic rings. The lowest BCUT2D eigenvalue weighted by atomic mass is 9.96. The molecule has 0 aliphatic rings. The molecule has 0 aliphatic heterocycles. The van der Waals surface area contributed by atoms with Gasteiger partial charge in [-0.2, -0.15) is 0 Å². The van der Waals surface area contributed by atoms with Crippen LogP contribution in [0.1, 0.15) is 47.5 Å². The van der Waals surface area contributed by atoms with Crippen molar-refractivity contribution in [3.8, 4) is 0 Å². The molecule has 0 heterocycles. The van der Waals surface area contributed by atoms with E-state index in [1.807, 2.05) is 27.7 Å². The molecule has 26 heavy (non-hydrogen) atoms. The highest BCUT2D eigenvalue weighted by Crippen LogP contribution is 2.11. The van der Waals surface area contributed by atoms with Gasteiger partial charge in [0.1, 0.15) is 18.1 Å². The summed E-state index contributed by atoms with van der Waals surface area (Å²) in [5.41, 5.74) is 5.30. The van der Waals surface area contributed by atoms with Gasteiger partial charge in [-0.05, 0) is 25.2 Å². The van der Waals surface area contributed by atoms with Gasteiger partial charge in [0.2, 0.25) is 17.7 Å². The second kappa shape index (κ2) is 11.5. The fraction of sp³-hybridized carbons (Fsp3) is 0.765. The van der Waals surface area contributed by atoms with Crippen molar-refractivity contribution >= 4 is 23.7 Å². The number of aliphatic carboxylic acids is 1. The molecule has 0 saturated carbocycles. The number of amides is 3. The van der Waals surface area contributed by atoms with Gasteiger partial charge >= 0.3 is 5.97 Å². The van der Waals surface area contributed by atoms with E-state index < -0.39 is 41.8 Å². The van der Waals surface area contributed by atoms with Crippen LogP contribution in [0.2, 0.25) is 0 Å². The Morgan fingerprint density at radius 3 is 1.96 bits per heavy atom. The van der Waals surface area contributed by atoms with Crippen molar-refractivity contribution in [2.24, 2.45) is 17.6 Å². The Kier molecular flexibility index (Phi) is 10.5. The van der Waals surface area contributed by atoms with Crippen molar-refractivity contribution < 1.29 is 24.3 Å². The van der Waals surface area contributed by atoms with Crippen molar-refractivity contribution in [3.63, 3.8) is 0 Å². The maximum Gasteiger partial charge on any atom is 0.325 e. The summed E-state index contributed by atoms with van der Waals surface area (Å²) in [5, 5.41) is 16.5. The normalized spacial score (nSPS) is 15.5.